The Morgan fingerprint density at radius 1 is 1.26 bits per heavy atom. The summed E-state index contributed by atoms with van der Waals surface area (Å²) in [6, 6.07) is -0.706. The van der Waals surface area contributed by atoms with Gasteiger partial charge in [0.05, 0.1) is 29.8 Å². The van der Waals surface area contributed by atoms with E-state index in [1.807, 2.05) is 20.8 Å². The predicted molar refractivity (Wildman–Crippen MR) is 120 cm³/mol. The van der Waals surface area contributed by atoms with Crippen molar-refractivity contribution >= 4 is 29.5 Å². The van der Waals surface area contributed by atoms with Crippen LogP contribution in [0.3, 0.4) is 0 Å². The molecule has 3 rings (SSSR count). The summed E-state index contributed by atoms with van der Waals surface area (Å²) in [7, 11) is 0. The minimum atomic E-state index is -0.706. The van der Waals surface area contributed by atoms with E-state index in [1.165, 1.54) is 4.90 Å². The maximum atomic E-state index is 13.7. The van der Waals surface area contributed by atoms with E-state index >= 15 is 0 Å². The van der Waals surface area contributed by atoms with E-state index in [2.05, 4.69) is 26.1 Å². The van der Waals surface area contributed by atoms with Gasteiger partial charge in [-0.1, -0.05) is 20.8 Å². The molecule has 3 aliphatic heterocycles. The van der Waals surface area contributed by atoms with Gasteiger partial charge in [-0.05, 0) is 52.4 Å². The average molecular weight is 455 g/mol. The number of nitrogens with zero attached hydrogens (tertiary/aromatic N) is 1. The number of aliphatic hydroxyl groups is 1. The summed E-state index contributed by atoms with van der Waals surface area (Å²) in [6.45, 7) is 14.3. The number of likely N-dealkylation sites (tertiary alicyclic amines) is 1. The smallest absolute Gasteiger partial charge is 0.311 e. The summed E-state index contributed by atoms with van der Waals surface area (Å²) in [4.78, 5) is 41.6. The summed E-state index contributed by atoms with van der Waals surface area (Å²) in [5.41, 5.74) is -0.430. The molecule has 2 N–H and O–H groups in total. The van der Waals surface area contributed by atoms with Crippen LogP contribution in [-0.4, -0.2) is 68.6 Å². The number of esters is 1. The van der Waals surface area contributed by atoms with Crippen molar-refractivity contribution in [3.8, 4) is 0 Å². The topological polar surface area (TPSA) is 95.9 Å². The number of hydrogen-bond acceptors (Lipinski definition) is 6. The van der Waals surface area contributed by atoms with Gasteiger partial charge < -0.3 is 20.1 Å². The predicted octanol–water partition coefficient (Wildman–Crippen LogP) is 2.35. The number of nitrogens with one attached hydrogen (secondary N) is 1. The molecule has 1 spiro atoms. The molecule has 0 aromatic heterocycles. The van der Waals surface area contributed by atoms with Gasteiger partial charge in [-0.3, -0.25) is 14.4 Å². The molecule has 0 aliphatic carbocycles. The Balaban J connectivity index is 1.97. The zero-order chi connectivity index (χ0) is 23.4. The van der Waals surface area contributed by atoms with Crippen LogP contribution < -0.4 is 5.32 Å². The summed E-state index contributed by atoms with van der Waals surface area (Å²) in [5, 5.41) is 12.8. The van der Waals surface area contributed by atoms with Crippen molar-refractivity contribution in [2.45, 2.75) is 88.8 Å². The second kappa shape index (κ2) is 7.94. The van der Waals surface area contributed by atoms with E-state index < -0.39 is 32.9 Å². The van der Waals surface area contributed by atoms with E-state index in [-0.39, 0.29) is 43.0 Å². The van der Waals surface area contributed by atoms with Crippen LogP contribution in [0.25, 0.3) is 0 Å². The van der Waals surface area contributed by atoms with Gasteiger partial charge in [0.2, 0.25) is 11.8 Å². The van der Waals surface area contributed by atoms with Crippen LogP contribution in [-0.2, 0) is 19.1 Å². The molecule has 0 radical (unpaired) electrons. The van der Waals surface area contributed by atoms with Crippen molar-refractivity contribution in [2.24, 2.45) is 17.3 Å². The van der Waals surface area contributed by atoms with Crippen LogP contribution in [0.5, 0.6) is 0 Å². The van der Waals surface area contributed by atoms with Crippen molar-refractivity contribution in [3.05, 3.63) is 0 Å². The Morgan fingerprint density at radius 3 is 2.45 bits per heavy atom. The van der Waals surface area contributed by atoms with Crippen LogP contribution in [0.15, 0.2) is 0 Å². The average Bonchev–Trinajstić information content (AvgIpc) is 3.14. The lowest BCUT2D eigenvalue weighted by Gasteiger charge is -2.38. The standard InChI is InChI=1S/C23H38N2O5S/c1-8-30-19(29)15-14-18(28)25(11-12-26)16(23(14)10-9-22(15,7)31-23)17(27)24-21(5,6)13-20(2,3)4/h14-16,26H,8-13H2,1-7H3,(H,24,27)/t14-,15-,16?,22+,23?/m0/s1. The lowest BCUT2D eigenvalue weighted by molar-refractivity contribution is -0.155. The number of fused-ring (bicyclic) bond motifs is 1. The van der Waals surface area contributed by atoms with Crippen LogP contribution in [0, 0.1) is 17.3 Å². The number of aliphatic hydroxyl groups excluding tert-OH is 1. The lowest BCUT2D eigenvalue weighted by Crippen LogP contribution is -2.58. The molecular formula is C23H38N2O5S. The highest BCUT2D eigenvalue weighted by molar-refractivity contribution is 8.02. The van der Waals surface area contributed by atoms with Crippen molar-refractivity contribution in [1.29, 1.82) is 0 Å². The monoisotopic (exact) mass is 454 g/mol. The zero-order valence-corrected chi connectivity index (χ0v) is 20.7. The fourth-order valence-corrected chi connectivity index (χ4v) is 8.78. The Labute approximate surface area is 190 Å². The van der Waals surface area contributed by atoms with Crippen molar-refractivity contribution < 1.29 is 24.2 Å². The van der Waals surface area contributed by atoms with Crippen molar-refractivity contribution in [2.75, 3.05) is 19.8 Å². The Morgan fingerprint density at radius 2 is 1.90 bits per heavy atom. The highest BCUT2D eigenvalue weighted by Gasteiger charge is 2.77. The number of β-amino-alcohol motifs (C(OH)–C–C–N with tert-alkyl or cyclic N) is 1. The molecule has 5 atom stereocenters. The molecular weight excluding hydrogens is 416 g/mol. The second-order valence-corrected chi connectivity index (χ2v) is 13.2. The first-order valence-electron chi connectivity index (χ1n) is 11.3. The van der Waals surface area contributed by atoms with E-state index in [1.54, 1.807) is 18.7 Å². The molecule has 8 heteroatoms. The summed E-state index contributed by atoms with van der Waals surface area (Å²) >= 11 is 1.62. The number of thioether (sulfide) groups is 1. The fraction of sp³-hybridized carbons (Fsp3) is 0.870. The van der Waals surface area contributed by atoms with Gasteiger partial charge in [0.25, 0.3) is 0 Å². The molecule has 7 nitrogen and oxygen atoms in total. The molecule has 2 amide bonds. The number of rotatable bonds is 7. The number of amides is 2. The number of carbonyl (C=O) groups excluding carboxylic acids is 3. The number of ether oxygens (including phenoxy) is 1. The van der Waals surface area contributed by atoms with Crippen molar-refractivity contribution in [3.63, 3.8) is 0 Å². The maximum absolute atomic E-state index is 13.7. The summed E-state index contributed by atoms with van der Waals surface area (Å²) < 4.78 is 4.26. The molecule has 2 unspecified atom stereocenters. The zero-order valence-electron chi connectivity index (χ0n) is 19.9. The van der Waals surface area contributed by atoms with Gasteiger partial charge in [0, 0.05) is 16.8 Å². The second-order valence-electron chi connectivity index (χ2n) is 11.3. The van der Waals surface area contributed by atoms with E-state index in [4.69, 9.17) is 4.74 Å². The molecule has 3 heterocycles. The molecule has 3 saturated heterocycles. The highest BCUT2D eigenvalue weighted by Crippen LogP contribution is 2.71. The molecule has 3 aliphatic rings. The Bertz CT molecular complexity index is 764. The Hall–Kier alpha value is -1.28. The third kappa shape index (κ3) is 4.10. The van der Waals surface area contributed by atoms with Gasteiger partial charge >= 0.3 is 5.97 Å². The first-order valence-corrected chi connectivity index (χ1v) is 12.1. The first kappa shape index (κ1) is 24.4. The SMILES string of the molecule is CCOC(=O)[C@@H]1[C@H]2C(=O)N(CCO)C(C(=O)NC(C)(C)CC(C)(C)C)C23CC[C@@]1(C)S3. The van der Waals surface area contributed by atoms with Crippen LogP contribution >= 0.6 is 11.8 Å². The summed E-state index contributed by atoms with van der Waals surface area (Å²) in [6.07, 6.45) is 2.23. The van der Waals surface area contributed by atoms with E-state index in [0.717, 1.165) is 12.8 Å². The maximum Gasteiger partial charge on any atom is 0.311 e. The van der Waals surface area contributed by atoms with Gasteiger partial charge in [-0.15, -0.1) is 11.8 Å². The lowest BCUT2D eigenvalue weighted by atomic mass is 9.66. The Kier molecular flexibility index (Phi) is 6.24. The molecule has 176 valence electrons. The minimum Gasteiger partial charge on any atom is -0.466 e. The van der Waals surface area contributed by atoms with Crippen LogP contribution in [0.1, 0.15) is 67.7 Å². The summed E-state index contributed by atoms with van der Waals surface area (Å²) in [5.74, 6) is -1.92. The van der Waals surface area contributed by atoms with Gasteiger partial charge in [0.1, 0.15) is 6.04 Å². The van der Waals surface area contributed by atoms with E-state index in [9.17, 15) is 19.5 Å². The highest BCUT2D eigenvalue weighted by atomic mass is 32.2. The van der Waals surface area contributed by atoms with Crippen LogP contribution in [0.2, 0.25) is 0 Å². The molecule has 0 saturated carbocycles. The molecule has 2 bridgehead atoms. The number of hydrogen-bond donors (Lipinski definition) is 2. The third-order valence-corrected chi connectivity index (χ3v) is 8.83. The largest absolute Gasteiger partial charge is 0.466 e. The van der Waals surface area contributed by atoms with Gasteiger partial charge in [-0.25, -0.2) is 0 Å². The molecule has 3 fully saturated rings. The quantitative estimate of drug-likeness (QED) is 0.574. The molecule has 0 aromatic rings. The van der Waals surface area contributed by atoms with E-state index in [0.29, 0.717) is 6.42 Å². The fourth-order valence-electron chi connectivity index (χ4n) is 6.44. The van der Waals surface area contributed by atoms with Gasteiger partial charge in [-0.2, -0.15) is 0 Å². The molecule has 0 aromatic carbocycles. The number of carbonyl (C=O) groups is 3. The van der Waals surface area contributed by atoms with Crippen molar-refractivity contribution in [1.82, 2.24) is 10.2 Å². The minimum absolute atomic E-state index is 0.0247. The van der Waals surface area contributed by atoms with Gasteiger partial charge in [0.15, 0.2) is 0 Å². The third-order valence-electron chi connectivity index (χ3n) is 6.84. The molecule has 31 heavy (non-hydrogen) atoms. The van der Waals surface area contributed by atoms with Crippen LogP contribution in [0.4, 0.5) is 0 Å². The normalized spacial score (nSPS) is 34.8. The first-order chi connectivity index (χ1) is 14.2.